The van der Waals surface area contributed by atoms with Gasteiger partial charge in [0, 0.05) is 26.0 Å². The van der Waals surface area contributed by atoms with Crippen molar-refractivity contribution in [1.29, 1.82) is 0 Å². The van der Waals surface area contributed by atoms with Gasteiger partial charge in [0.1, 0.15) is 11.6 Å². The van der Waals surface area contributed by atoms with Gasteiger partial charge < -0.3 is 15.0 Å². The van der Waals surface area contributed by atoms with Crippen molar-refractivity contribution in [3.05, 3.63) is 30.1 Å². The molecule has 0 radical (unpaired) electrons. The van der Waals surface area contributed by atoms with Crippen LogP contribution in [0.1, 0.15) is 40.2 Å². The Kier molecular flexibility index (Phi) is 6.54. The van der Waals surface area contributed by atoms with Crippen molar-refractivity contribution in [3.8, 4) is 0 Å². The number of amides is 2. The number of likely N-dealkylation sites (N-methyl/N-ethyl adjacent to an activating group) is 1. The van der Waals surface area contributed by atoms with Crippen LogP contribution in [0.2, 0.25) is 0 Å². The van der Waals surface area contributed by atoms with Crippen molar-refractivity contribution in [2.24, 2.45) is 5.92 Å². The van der Waals surface area contributed by atoms with E-state index in [9.17, 15) is 9.59 Å². The lowest BCUT2D eigenvalue weighted by Crippen LogP contribution is -2.51. The van der Waals surface area contributed by atoms with E-state index in [1.165, 1.54) is 0 Å². The fourth-order valence-corrected chi connectivity index (χ4v) is 2.03. The molecule has 1 atom stereocenters. The minimum absolute atomic E-state index is 0.0497. The molecule has 0 bridgehead atoms. The number of aromatic nitrogens is 1. The third-order valence-electron chi connectivity index (χ3n) is 3.12. The lowest BCUT2D eigenvalue weighted by Gasteiger charge is -2.28. The highest BCUT2D eigenvalue weighted by Gasteiger charge is 2.29. The minimum atomic E-state index is -0.633. The van der Waals surface area contributed by atoms with Gasteiger partial charge in [-0.15, -0.1) is 0 Å². The highest BCUT2D eigenvalue weighted by molar-refractivity contribution is 5.85. The first-order valence-electron chi connectivity index (χ1n) is 7.73. The zero-order chi connectivity index (χ0) is 17.6. The van der Waals surface area contributed by atoms with Gasteiger partial charge in [-0.05, 0) is 38.3 Å². The summed E-state index contributed by atoms with van der Waals surface area (Å²) in [6.07, 6.45) is 2.82. The average Bonchev–Trinajstić information content (AvgIpc) is 2.43. The number of carbonyl (C=O) groups is 2. The van der Waals surface area contributed by atoms with E-state index in [1.54, 1.807) is 45.1 Å². The maximum atomic E-state index is 12.6. The molecule has 6 heteroatoms. The summed E-state index contributed by atoms with van der Waals surface area (Å²) in [7, 11) is 1.71. The molecule has 1 aromatic rings. The molecule has 128 valence electrons. The van der Waals surface area contributed by atoms with E-state index in [0.717, 1.165) is 5.56 Å². The van der Waals surface area contributed by atoms with Gasteiger partial charge in [-0.3, -0.25) is 9.78 Å². The Balaban J connectivity index is 2.72. The second-order valence-electron chi connectivity index (χ2n) is 6.92. The van der Waals surface area contributed by atoms with E-state index in [1.807, 2.05) is 26.0 Å². The molecule has 23 heavy (non-hydrogen) atoms. The van der Waals surface area contributed by atoms with Gasteiger partial charge in [-0.1, -0.05) is 19.9 Å². The summed E-state index contributed by atoms with van der Waals surface area (Å²) < 4.78 is 5.24. The average molecular weight is 321 g/mol. The normalized spacial score (nSPS) is 12.7. The first kappa shape index (κ1) is 18.9. The Hall–Kier alpha value is -2.11. The van der Waals surface area contributed by atoms with Crippen LogP contribution in [0, 0.1) is 5.92 Å². The maximum absolute atomic E-state index is 12.6. The molecule has 1 aromatic heterocycles. The first-order chi connectivity index (χ1) is 10.6. The predicted molar refractivity (Wildman–Crippen MR) is 88.7 cm³/mol. The molecule has 0 fully saturated rings. The molecule has 0 aliphatic heterocycles. The lowest BCUT2D eigenvalue weighted by atomic mass is 10.0. The van der Waals surface area contributed by atoms with E-state index < -0.39 is 17.7 Å². The monoisotopic (exact) mass is 321 g/mol. The van der Waals surface area contributed by atoms with E-state index in [0.29, 0.717) is 6.54 Å². The molecule has 2 amide bonds. The number of hydrogen-bond acceptors (Lipinski definition) is 4. The topological polar surface area (TPSA) is 71.5 Å². The molecule has 6 nitrogen and oxygen atoms in total. The maximum Gasteiger partial charge on any atom is 0.408 e. The molecule has 0 aliphatic rings. The Labute approximate surface area is 138 Å². The van der Waals surface area contributed by atoms with Crippen molar-refractivity contribution in [1.82, 2.24) is 15.2 Å². The summed E-state index contributed by atoms with van der Waals surface area (Å²) in [5.74, 6) is -0.207. The molecule has 0 spiro atoms. The Morgan fingerprint density at radius 2 is 2.00 bits per heavy atom. The molecule has 1 rings (SSSR count). The summed E-state index contributed by atoms with van der Waals surface area (Å²) >= 11 is 0. The van der Waals surface area contributed by atoms with Gasteiger partial charge >= 0.3 is 6.09 Å². The first-order valence-corrected chi connectivity index (χ1v) is 7.73. The predicted octanol–water partition coefficient (Wildman–Crippen LogP) is 2.59. The lowest BCUT2D eigenvalue weighted by molar-refractivity contribution is -0.133. The summed E-state index contributed by atoms with van der Waals surface area (Å²) in [4.78, 5) is 30.2. The number of hydrogen-bond donors (Lipinski definition) is 1. The van der Waals surface area contributed by atoms with Crippen LogP contribution in [0.3, 0.4) is 0 Å². The smallest absolute Gasteiger partial charge is 0.408 e. The largest absolute Gasteiger partial charge is 0.444 e. The number of pyridine rings is 1. The molecular weight excluding hydrogens is 294 g/mol. The molecule has 0 aromatic carbocycles. The summed E-state index contributed by atoms with van der Waals surface area (Å²) in [6.45, 7) is 9.56. The molecule has 0 saturated heterocycles. The standard InChI is InChI=1S/C17H27N3O3/c1-12(2)14(19-16(22)23-17(3,4)5)15(21)20(6)11-13-8-7-9-18-10-13/h7-10,12,14H,11H2,1-6H3,(H,19,22). The van der Waals surface area contributed by atoms with E-state index in [-0.39, 0.29) is 11.8 Å². The zero-order valence-corrected chi connectivity index (χ0v) is 14.8. The van der Waals surface area contributed by atoms with Crippen molar-refractivity contribution < 1.29 is 14.3 Å². The van der Waals surface area contributed by atoms with Crippen LogP contribution in [-0.4, -0.2) is 40.6 Å². The molecule has 1 N–H and O–H groups in total. The van der Waals surface area contributed by atoms with Gasteiger partial charge in [-0.25, -0.2) is 4.79 Å². The van der Waals surface area contributed by atoms with Crippen molar-refractivity contribution >= 4 is 12.0 Å². The van der Waals surface area contributed by atoms with E-state index in [2.05, 4.69) is 10.3 Å². The van der Waals surface area contributed by atoms with E-state index in [4.69, 9.17) is 4.74 Å². The SMILES string of the molecule is CC(C)C(NC(=O)OC(C)(C)C)C(=O)N(C)Cc1cccnc1. The van der Waals surface area contributed by atoms with Gasteiger partial charge in [-0.2, -0.15) is 0 Å². The van der Waals surface area contributed by atoms with Crippen molar-refractivity contribution in [3.63, 3.8) is 0 Å². The molecule has 1 unspecified atom stereocenters. The second-order valence-corrected chi connectivity index (χ2v) is 6.92. The zero-order valence-electron chi connectivity index (χ0n) is 14.8. The number of carbonyl (C=O) groups excluding carboxylic acids is 2. The van der Waals surface area contributed by atoms with Crippen LogP contribution in [0.5, 0.6) is 0 Å². The number of nitrogens with one attached hydrogen (secondary N) is 1. The van der Waals surface area contributed by atoms with Crippen LogP contribution in [0.25, 0.3) is 0 Å². The number of ether oxygens (including phenoxy) is 1. The fourth-order valence-electron chi connectivity index (χ4n) is 2.03. The van der Waals surface area contributed by atoms with E-state index >= 15 is 0 Å². The van der Waals surface area contributed by atoms with Gasteiger partial charge in [0.25, 0.3) is 0 Å². The van der Waals surface area contributed by atoms with Gasteiger partial charge in [0.15, 0.2) is 0 Å². The quantitative estimate of drug-likeness (QED) is 0.905. The van der Waals surface area contributed by atoms with Crippen LogP contribution in [0.15, 0.2) is 24.5 Å². The van der Waals surface area contributed by atoms with Crippen LogP contribution < -0.4 is 5.32 Å². The second kappa shape index (κ2) is 7.94. The number of alkyl carbamates (subject to hydrolysis) is 1. The number of nitrogens with zero attached hydrogens (tertiary/aromatic N) is 2. The Bertz CT molecular complexity index is 524. The van der Waals surface area contributed by atoms with Crippen LogP contribution in [0.4, 0.5) is 4.79 Å². The third kappa shape index (κ3) is 6.67. The molecule has 0 saturated carbocycles. The van der Waals surface area contributed by atoms with Crippen LogP contribution >= 0.6 is 0 Å². The highest BCUT2D eigenvalue weighted by Crippen LogP contribution is 2.11. The fraction of sp³-hybridized carbons (Fsp3) is 0.588. The van der Waals surface area contributed by atoms with Gasteiger partial charge in [0.2, 0.25) is 5.91 Å². The third-order valence-corrected chi connectivity index (χ3v) is 3.12. The minimum Gasteiger partial charge on any atom is -0.444 e. The van der Waals surface area contributed by atoms with Crippen molar-refractivity contribution in [2.45, 2.75) is 52.8 Å². The Morgan fingerprint density at radius 3 is 2.48 bits per heavy atom. The van der Waals surface area contributed by atoms with Crippen molar-refractivity contribution in [2.75, 3.05) is 7.05 Å². The molecule has 0 aliphatic carbocycles. The molecular formula is C17H27N3O3. The summed E-state index contributed by atoms with van der Waals surface area (Å²) in [5.41, 5.74) is 0.333. The van der Waals surface area contributed by atoms with Crippen LogP contribution in [-0.2, 0) is 16.1 Å². The number of rotatable bonds is 5. The Morgan fingerprint density at radius 1 is 1.35 bits per heavy atom. The summed E-state index contributed by atoms with van der Waals surface area (Å²) in [6, 6.07) is 3.10. The van der Waals surface area contributed by atoms with Gasteiger partial charge in [0.05, 0.1) is 0 Å². The molecule has 1 heterocycles. The highest BCUT2D eigenvalue weighted by atomic mass is 16.6. The summed E-state index contributed by atoms with van der Waals surface area (Å²) in [5, 5.41) is 2.67.